The van der Waals surface area contributed by atoms with Gasteiger partial charge in [0.2, 0.25) is 0 Å². The lowest BCUT2D eigenvalue weighted by atomic mass is 10.1. The molecule has 0 saturated heterocycles. The number of benzene rings is 1. The third-order valence-electron chi connectivity index (χ3n) is 4.56. The standard InChI is InChI=1S/C17H25BrOSSi/c1-11(19-21(6,7)17(3,4)5)13-9-8-10-14-15(18)12(2)20-16(13)14/h8-11H,1-7H3. The summed E-state index contributed by atoms with van der Waals surface area (Å²) in [6.45, 7) is 15.9. The Bertz CT molecular complexity index is 655. The molecule has 0 aliphatic heterocycles. The van der Waals surface area contributed by atoms with Crippen molar-refractivity contribution in [3.8, 4) is 0 Å². The highest BCUT2D eigenvalue weighted by atomic mass is 79.9. The summed E-state index contributed by atoms with van der Waals surface area (Å²) in [5.41, 5.74) is 1.32. The molecule has 116 valence electrons. The zero-order valence-corrected chi connectivity index (χ0v) is 17.4. The lowest BCUT2D eigenvalue weighted by Gasteiger charge is -2.38. The molecule has 0 radical (unpaired) electrons. The molecule has 0 aliphatic rings. The van der Waals surface area contributed by atoms with Gasteiger partial charge in [-0.05, 0) is 53.5 Å². The quantitative estimate of drug-likeness (QED) is 0.514. The summed E-state index contributed by atoms with van der Waals surface area (Å²) in [6, 6.07) is 6.54. The van der Waals surface area contributed by atoms with Crippen LogP contribution in [0.5, 0.6) is 0 Å². The zero-order chi connectivity index (χ0) is 16.0. The SMILES string of the molecule is Cc1sc2c(C(C)O[Si](C)(C)C(C)(C)C)cccc2c1Br. The molecule has 1 unspecified atom stereocenters. The van der Waals surface area contributed by atoms with Crippen LogP contribution in [0.4, 0.5) is 0 Å². The summed E-state index contributed by atoms with van der Waals surface area (Å²) in [5.74, 6) is 0. The van der Waals surface area contributed by atoms with Crippen molar-refractivity contribution in [3.05, 3.63) is 33.1 Å². The highest BCUT2D eigenvalue weighted by Crippen LogP contribution is 2.43. The molecule has 0 aliphatic carbocycles. The van der Waals surface area contributed by atoms with E-state index in [9.17, 15) is 0 Å². The van der Waals surface area contributed by atoms with Gasteiger partial charge in [-0.3, -0.25) is 0 Å². The van der Waals surface area contributed by atoms with E-state index in [1.165, 1.54) is 25.0 Å². The van der Waals surface area contributed by atoms with Crippen molar-refractivity contribution in [3.63, 3.8) is 0 Å². The molecule has 0 saturated carbocycles. The number of fused-ring (bicyclic) bond motifs is 1. The van der Waals surface area contributed by atoms with E-state index in [-0.39, 0.29) is 11.1 Å². The average Bonchev–Trinajstić information content (AvgIpc) is 2.63. The van der Waals surface area contributed by atoms with Gasteiger partial charge in [0.25, 0.3) is 0 Å². The van der Waals surface area contributed by atoms with Crippen molar-refractivity contribution < 1.29 is 4.43 Å². The van der Waals surface area contributed by atoms with Crippen molar-refractivity contribution in [2.75, 3.05) is 0 Å². The highest BCUT2D eigenvalue weighted by molar-refractivity contribution is 9.10. The molecule has 1 aromatic heterocycles. The molecule has 0 bridgehead atoms. The van der Waals surface area contributed by atoms with Crippen molar-refractivity contribution in [1.82, 2.24) is 0 Å². The summed E-state index contributed by atoms with van der Waals surface area (Å²) in [7, 11) is -1.75. The van der Waals surface area contributed by atoms with Gasteiger partial charge in [0.15, 0.2) is 8.32 Å². The highest BCUT2D eigenvalue weighted by Gasteiger charge is 2.38. The van der Waals surface area contributed by atoms with Crippen LogP contribution >= 0.6 is 27.3 Å². The lowest BCUT2D eigenvalue weighted by Crippen LogP contribution is -2.41. The summed E-state index contributed by atoms with van der Waals surface area (Å²) in [6.07, 6.45) is 0.138. The Labute approximate surface area is 142 Å². The normalized spacial score (nSPS) is 14.7. The predicted octanol–water partition coefficient (Wildman–Crippen LogP) is 7.06. The van der Waals surface area contributed by atoms with Gasteiger partial charge in [-0.15, -0.1) is 11.3 Å². The van der Waals surface area contributed by atoms with Crippen LogP contribution < -0.4 is 0 Å². The number of thiophene rings is 1. The molecule has 4 heteroatoms. The summed E-state index contributed by atoms with van der Waals surface area (Å²) >= 11 is 5.56. The summed E-state index contributed by atoms with van der Waals surface area (Å²) in [5, 5.41) is 1.54. The summed E-state index contributed by atoms with van der Waals surface area (Å²) < 4.78 is 9.16. The fraction of sp³-hybridized carbons (Fsp3) is 0.529. The zero-order valence-electron chi connectivity index (χ0n) is 14.0. The van der Waals surface area contributed by atoms with Gasteiger partial charge in [-0.1, -0.05) is 39.0 Å². The van der Waals surface area contributed by atoms with Crippen LogP contribution in [-0.4, -0.2) is 8.32 Å². The van der Waals surface area contributed by atoms with Crippen molar-refractivity contribution >= 4 is 45.7 Å². The third-order valence-corrected chi connectivity index (χ3v) is 11.6. The minimum absolute atomic E-state index is 0.138. The monoisotopic (exact) mass is 384 g/mol. The Morgan fingerprint density at radius 1 is 1.24 bits per heavy atom. The van der Waals surface area contributed by atoms with Crippen LogP contribution in [0.1, 0.15) is 44.2 Å². The fourth-order valence-electron chi connectivity index (χ4n) is 2.23. The Morgan fingerprint density at radius 2 is 1.86 bits per heavy atom. The van der Waals surface area contributed by atoms with Crippen LogP contribution in [0, 0.1) is 6.92 Å². The van der Waals surface area contributed by atoms with E-state index in [1.54, 1.807) is 0 Å². The lowest BCUT2D eigenvalue weighted by molar-refractivity contribution is 0.204. The van der Waals surface area contributed by atoms with E-state index >= 15 is 0 Å². The van der Waals surface area contributed by atoms with Gasteiger partial charge < -0.3 is 4.43 Å². The van der Waals surface area contributed by atoms with Gasteiger partial charge in [0.05, 0.1) is 6.10 Å². The van der Waals surface area contributed by atoms with E-state index in [4.69, 9.17) is 4.43 Å². The van der Waals surface area contributed by atoms with Crippen LogP contribution in [0.3, 0.4) is 0 Å². The largest absolute Gasteiger partial charge is 0.410 e. The van der Waals surface area contributed by atoms with Gasteiger partial charge in [-0.25, -0.2) is 0 Å². The van der Waals surface area contributed by atoms with Gasteiger partial charge >= 0.3 is 0 Å². The minimum atomic E-state index is -1.75. The van der Waals surface area contributed by atoms with Crippen LogP contribution in [0.25, 0.3) is 10.1 Å². The van der Waals surface area contributed by atoms with E-state index in [1.807, 2.05) is 11.3 Å². The Hall–Kier alpha value is -0.163. The van der Waals surface area contributed by atoms with E-state index in [2.05, 4.69) is 81.8 Å². The number of hydrogen-bond donors (Lipinski definition) is 0. The number of hydrogen-bond acceptors (Lipinski definition) is 2. The molecule has 2 rings (SSSR count). The van der Waals surface area contributed by atoms with E-state index < -0.39 is 8.32 Å². The fourth-order valence-corrected chi connectivity index (χ4v) is 5.44. The molecule has 0 N–H and O–H groups in total. The minimum Gasteiger partial charge on any atom is -0.410 e. The second-order valence-corrected chi connectivity index (χ2v) is 14.0. The molecule has 1 heterocycles. The summed E-state index contributed by atoms with van der Waals surface area (Å²) in [4.78, 5) is 1.33. The van der Waals surface area contributed by atoms with Gasteiger partial charge in [-0.2, -0.15) is 0 Å². The first kappa shape index (κ1) is 17.2. The average molecular weight is 385 g/mol. The first-order chi connectivity index (χ1) is 9.54. The van der Waals surface area contributed by atoms with E-state index in [0.717, 1.165) is 0 Å². The maximum absolute atomic E-state index is 6.58. The number of halogens is 1. The first-order valence-corrected chi connectivity index (χ1v) is 11.9. The maximum atomic E-state index is 6.58. The molecular formula is C17H25BrOSSi. The second-order valence-electron chi connectivity index (χ2n) is 7.22. The van der Waals surface area contributed by atoms with Crippen molar-refractivity contribution in [2.45, 2.75) is 58.9 Å². The predicted molar refractivity (Wildman–Crippen MR) is 101 cm³/mol. The Morgan fingerprint density at radius 3 is 2.43 bits per heavy atom. The van der Waals surface area contributed by atoms with Crippen molar-refractivity contribution in [1.29, 1.82) is 0 Å². The number of rotatable bonds is 3. The molecule has 1 aromatic carbocycles. The molecule has 0 amide bonds. The topological polar surface area (TPSA) is 9.23 Å². The van der Waals surface area contributed by atoms with Gasteiger partial charge in [0.1, 0.15) is 0 Å². The molecule has 21 heavy (non-hydrogen) atoms. The third kappa shape index (κ3) is 3.28. The maximum Gasteiger partial charge on any atom is 0.192 e. The Kier molecular flexibility index (Phi) is 4.75. The molecule has 0 spiro atoms. The van der Waals surface area contributed by atoms with Crippen molar-refractivity contribution in [2.24, 2.45) is 0 Å². The van der Waals surface area contributed by atoms with E-state index in [0.29, 0.717) is 0 Å². The molecule has 1 nitrogen and oxygen atoms in total. The van der Waals surface area contributed by atoms with Crippen LogP contribution in [0.15, 0.2) is 22.7 Å². The molecule has 2 aromatic rings. The van der Waals surface area contributed by atoms with Crippen LogP contribution in [-0.2, 0) is 4.43 Å². The first-order valence-electron chi connectivity index (χ1n) is 7.40. The number of aryl methyl sites for hydroxylation is 1. The molecule has 1 atom stereocenters. The van der Waals surface area contributed by atoms with Crippen LogP contribution in [0.2, 0.25) is 18.1 Å². The molecule has 0 fully saturated rings. The van der Waals surface area contributed by atoms with Gasteiger partial charge in [0, 0.05) is 19.4 Å². The molecular weight excluding hydrogens is 360 g/mol. The smallest absolute Gasteiger partial charge is 0.192 e. The second kappa shape index (κ2) is 5.80. The Balaban J connectivity index is 2.41.